The molecule has 1 unspecified atom stereocenters. The molecule has 0 spiro atoms. The summed E-state index contributed by atoms with van der Waals surface area (Å²) >= 11 is 1.36. The van der Waals surface area contributed by atoms with Crippen LogP contribution < -0.4 is 10.6 Å². The van der Waals surface area contributed by atoms with Gasteiger partial charge >= 0.3 is 0 Å². The van der Waals surface area contributed by atoms with Gasteiger partial charge in [0.15, 0.2) is 0 Å². The van der Waals surface area contributed by atoms with Gasteiger partial charge in [0.2, 0.25) is 17.7 Å². The molecule has 2 N–H and O–H groups in total. The lowest BCUT2D eigenvalue weighted by Gasteiger charge is -2.32. The van der Waals surface area contributed by atoms with E-state index in [0.717, 1.165) is 56.9 Å². The maximum absolute atomic E-state index is 13.3. The van der Waals surface area contributed by atoms with Gasteiger partial charge in [-0.05, 0) is 51.1 Å². The summed E-state index contributed by atoms with van der Waals surface area (Å²) < 4.78 is 0. The molecule has 1 aromatic carbocycles. The molecule has 41 heavy (non-hydrogen) atoms. The fraction of sp³-hybridized carbons (Fsp3) is 0.600. The Morgan fingerprint density at radius 2 is 1.73 bits per heavy atom. The van der Waals surface area contributed by atoms with Crippen LogP contribution in [0.3, 0.4) is 0 Å². The Morgan fingerprint density at radius 3 is 2.34 bits per heavy atom. The Kier molecular flexibility index (Phi) is 13.0. The minimum absolute atomic E-state index is 0.00285. The average Bonchev–Trinajstić information content (AvgIpc) is 3.28. The van der Waals surface area contributed by atoms with Crippen LogP contribution in [0.25, 0.3) is 0 Å². The Hall–Kier alpha value is -3.07. The molecule has 0 aromatic heterocycles. The topological polar surface area (TPSA) is 112 Å². The highest BCUT2D eigenvalue weighted by Crippen LogP contribution is 2.38. The van der Waals surface area contributed by atoms with E-state index in [9.17, 15) is 19.6 Å². The number of amides is 3. The molecule has 2 aliphatic rings. The third kappa shape index (κ3) is 9.48. The molecule has 224 valence electrons. The molecule has 2 fully saturated rings. The van der Waals surface area contributed by atoms with Crippen LogP contribution in [-0.4, -0.2) is 109 Å². The maximum Gasteiger partial charge on any atom is 0.242 e. The van der Waals surface area contributed by atoms with Crippen molar-refractivity contribution in [2.45, 2.75) is 51.7 Å². The van der Waals surface area contributed by atoms with Crippen molar-refractivity contribution in [1.29, 1.82) is 5.26 Å². The largest absolute Gasteiger partial charge is 0.383 e. The molecular formula is C30H45N7O3S. The molecule has 0 saturated carbocycles. The normalized spacial score (nSPS) is 19.1. The highest BCUT2D eigenvalue weighted by Gasteiger charge is 2.38. The average molecular weight is 584 g/mol. The number of rotatable bonds is 14. The monoisotopic (exact) mass is 583 g/mol. The Balaban J connectivity index is 1.55. The Morgan fingerprint density at radius 1 is 1.05 bits per heavy atom. The lowest BCUT2D eigenvalue weighted by Crippen LogP contribution is -2.45. The zero-order valence-electron chi connectivity index (χ0n) is 24.9. The zero-order valence-corrected chi connectivity index (χ0v) is 25.8. The van der Waals surface area contributed by atoms with Gasteiger partial charge in [-0.15, -0.1) is 0 Å². The van der Waals surface area contributed by atoms with Crippen molar-refractivity contribution in [3.63, 3.8) is 0 Å². The molecule has 0 aliphatic carbocycles. The predicted octanol–water partition coefficient (Wildman–Crippen LogP) is 3.41. The van der Waals surface area contributed by atoms with Crippen LogP contribution in [0.2, 0.25) is 0 Å². The van der Waals surface area contributed by atoms with Crippen molar-refractivity contribution in [3.8, 4) is 6.07 Å². The van der Waals surface area contributed by atoms with Crippen molar-refractivity contribution >= 4 is 40.9 Å². The van der Waals surface area contributed by atoms with Gasteiger partial charge in [0.05, 0.1) is 23.1 Å². The summed E-state index contributed by atoms with van der Waals surface area (Å²) in [7, 11) is 2.12. The first-order valence-corrected chi connectivity index (χ1v) is 15.6. The van der Waals surface area contributed by atoms with Crippen molar-refractivity contribution in [1.82, 2.24) is 19.6 Å². The number of nitrogens with one attached hydrogen (secondary N) is 2. The summed E-state index contributed by atoms with van der Waals surface area (Å²) in [4.78, 5) is 46.6. The van der Waals surface area contributed by atoms with Crippen LogP contribution in [0.4, 0.5) is 11.4 Å². The molecule has 10 nitrogen and oxygen atoms in total. The molecule has 2 saturated heterocycles. The van der Waals surface area contributed by atoms with Gasteiger partial charge in [0.25, 0.3) is 0 Å². The number of benzene rings is 1. The maximum atomic E-state index is 13.3. The third-order valence-electron chi connectivity index (χ3n) is 7.35. The number of anilines is 2. The first kappa shape index (κ1) is 32.4. The SMILES string of the molecule is CCCN(CC)C(=O)C/C(C#N)=C1\SC(CNc2ccc(NC(=O)CCN3CCN(C)CC3)cc2)C(=O)N1CCC. The molecule has 1 atom stereocenters. The number of nitriles is 1. The van der Waals surface area contributed by atoms with Gasteiger partial charge in [-0.3, -0.25) is 14.4 Å². The highest BCUT2D eigenvalue weighted by molar-refractivity contribution is 8.04. The van der Waals surface area contributed by atoms with Crippen molar-refractivity contribution in [3.05, 3.63) is 34.9 Å². The summed E-state index contributed by atoms with van der Waals surface area (Å²) in [5.74, 6) is -0.142. The fourth-order valence-corrected chi connectivity index (χ4v) is 6.15. The van der Waals surface area contributed by atoms with E-state index in [1.807, 2.05) is 45.0 Å². The number of thioether (sulfide) groups is 1. The van der Waals surface area contributed by atoms with Gasteiger partial charge in [-0.1, -0.05) is 25.6 Å². The molecule has 1 aromatic rings. The van der Waals surface area contributed by atoms with Crippen molar-refractivity contribution < 1.29 is 14.4 Å². The van der Waals surface area contributed by atoms with Gasteiger partial charge < -0.3 is 30.2 Å². The minimum Gasteiger partial charge on any atom is -0.383 e. The third-order valence-corrected chi connectivity index (χ3v) is 8.69. The van der Waals surface area contributed by atoms with E-state index in [-0.39, 0.29) is 24.1 Å². The van der Waals surface area contributed by atoms with E-state index < -0.39 is 5.25 Å². The van der Waals surface area contributed by atoms with Gasteiger partial charge in [-0.25, -0.2) is 0 Å². The smallest absolute Gasteiger partial charge is 0.242 e. The molecule has 3 amide bonds. The van der Waals surface area contributed by atoms with Crippen LogP contribution in [0, 0.1) is 11.3 Å². The number of nitrogens with zero attached hydrogens (tertiary/aromatic N) is 5. The van der Waals surface area contributed by atoms with E-state index in [1.54, 1.807) is 9.80 Å². The van der Waals surface area contributed by atoms with Crippen LogP contribution in [-0.2, 0) is 14.4 Å². The summed E-state index contributed by atoms with van der Waals surface area (Å²) in [5, 5.41) is 16.4. The molecule has 0 bridgehead atoms. The van der Waals surface area contributed by atoms with E-state index in [0.29, 0.717) is 43.2 Å². The van der Waals surface area contributed by atoms with Crippen LogP contribution in [0.5, 0.6) is 0 Å². The lowest BCUT2D eigenvalue weighted by atomic mass is 10.2. The summed E-state index contributed by atoms with van der Waals surface area (Å²) in [6.07, 6.45) is 2.07. The van der Waals surface area contributed by atoms with Gasteiger partial charge in [0.1, 0.15) is 5.25 Å². The molecule has 0 radical (unpaired) electrons. The van der Waals surface area contributed by atoms with E-state index in [2.05, 4.69) is 33.6 Å². The molecule has 2 aliphatic heterocycles. The second-order valence-electron chi connectivity index (χ2n) is 10.5. The van der Waals surface area contributed by atoms with E-state index in [4.69, 9.17) is 0 Å². The second kappa shape index (κ2) is 16.4. The second-order valence-corrected chi connectivity index (χ2v) is 11.7. The zero-order chi connectivity index (χ0) is 29.8. The first-order valence-electron chi connectivity index (χ1n) is 14.7. The van der Waals surface area contributed by atoms with Gasteiger partial charge in [-0.2, -0.15) is 5.26 Å². The standard InChI is InChI=1S/C30H45N7O3S/c1-5-13-36(7-3)28(39)20-23(21-31)30-37(14-6-2)29(40)26(41-30)22-32-24-8-10-25(11-9-24)33-27(38)12-15-35-18-16-34(4)17-19-35/h8-11,26,32H,5-7,12-20,22H2,1-4H3,(H,33,38)/b30-23+. The summed E-state index contributed by atoms with van der Waals surface area (Å²) in [6.45, 7) is 12.9. The fourth-order valence-electron chi connectivity index (χ4n) is 4.91. The predicted molar refractivity (Wildman–Crippen MR) is 165 cm³/mol. The van der Waals surface area contributed by atoms with Crippen LogP contribution in [0.1, 0.15) is 46.5 Å². The summed E-state index contributed by atoms with van der Waals surface area (Å²) in [5.41, 5.74) is 1.92. The van der Waals surface area contributed by atoms with E-state index in [1.165, 1.54) is 11.8 Å². The number of carbonyl (C=O) groups excluding carboxylic acids is 3. The van der Waals surface area contributed by atoms with Crippen molar-refractivity contribution in [2.24, 2.45) is 0 Å². The van der Waals surface area contributed by atoms with Crippen LogP contribution >= 0.6 is 11.8 Å². The lowest BCUT2D eigenvalue weighted by molar-refractivity contribution is -0.130. The molecule has 3 rings (SSSR count). The Bertz CT molecular complexity index is 1110. The molecule has 11 heteroatoms. The number of hydrogen-bond donors (Lipinski definition) is 2. The number of hydrogen-bond acceptors (Lipinski definition) is 8. The number of piperazine rings is 1. The quantitative estimate of drug-likeness (QED) is 0.321. The van der Waals surface area contributed by atoms with E-state index >= 15 is 0 Å². The van der Waals surface area contributed by atoms with Crippen LogP contribution in [0.15, 0.2) is 34.9 Å². The number of likely N-dealkylation sites (N-methyl/N-ethyl adjacent to an activating group) is 1. The molecular weight excluding hydrogens is 538 g/mol. The minimum atomic E-state index is -0.401. The van der Waals surface area contributed by atoms with Gasteiger partial charge in [0, 0.05) is 76.7 Å². The number of carbonyl (C=O) groups is 3. The first-order chi connectivity index (χ1) is 19.8. The summed E-state index contributed by atoms with van der Waals surface area (Å²) in [6, 6.07) is 9.67. The highest BCUT2D eigenvalue weighted by atomic mass is 32.2. The van der Waals surface area contributed by atoms with Crippen molar-refractivity contribution in [2.75, 3.05) is 76.6 Å². The Labute approximate surface area is 249 Å². The molecule has 2 heterocycles.